The molecule has 4 rings (SSSR count). The summed E-state index contributed by atoms with van der Waals surface area (Å²) in [4.78, 5) is 20.8. The number of nitrogens with zero attached hydrogens (tertiary/aromatic N) is 2. The lowest BCUT2D eigenvalue weighted by Gasteiger charge is -2.47. The fourth-order valence-corrected chi connectivity index (χ4v) is 4.24. The van der Waals surface area contributed by atoms with E-state index in [2.05, 4.69) is 15.3 Å². The molecule has 1 N–H and O–H groups in total. The molecule has 1 spiro atoms. The van der Waals surface area contributed by atoms with Crippen molar-refractivity contribution in [3.05, 3.63) is 30.0 Å². The van der Waals surface area contributed by atoms with Gasteiger partial charge in [-0.15, -0.1) is 11.3 Å². The Hall–Kier alpha value is -1.79. The fraction of sp³-hybridized carbons (Fsp3) is 0.500. The monoisotopic (exact) mass is 343 g/mol. The molecule has 2 fully saturated rings. The highest BCUT2D eigenvalue weighted by Crippen LogP contribution is 2.44. The van der Waals surface area contributed by atoms with Crippen LogP contribution in [0.4, 0.5) is 5.69 Å². The van der Waals surface area contributed by atoms with E-state index in [4.69, 9.17) is 4.74 Å². The van der Waals surface area contributed by atoms with Gasteiger partial charge in [-0.3, -0.25) is 9.78 Å². The first-order chi connectivity index (χ1) is 11.7. The Balaban J connectivity index is 1.37. The Bertz CT molecular complexity index is 713. The van der Waals surface area contributed by atoms with Crippen molar-refractivity contribution in [1.29, 1.82) is 0 Å². The Morgan fingerprint density at radius 1 is 1.33 bits per heavy atom. The van der Waals surface area contributed by atoms with E-state index in [0.717, 1.165) is 36.3 Å². The number of hydrogen-bond acceptors (Lipinski definition) is 5. The van der Waals surface area contributed by atoms with Crippen molar-refractivity contribution in [3.8, 4) is 10.6 Å². The highest BCUT2D eigenvalue weighted by Gasteiger charge is 2.42. The molecule has 1 amide bonds. The maximum atomic E-state index is 12.4. The van der Waals surface area contributed by atoms with Gasteiger partial charge in [0, 0.05) is 23.3 Å². The maximum absolute atomic E-state index is 12.4. The van der Waals surface area contributed by atoms with Crippen molar-refractivity contribution >= 4 is 22.9 Å². The predicted octanol–water partition coefficient (Wildman–Crippen LogP) is 4.03. The number of carbonyl (C=O) groups is 1. The number of rotatable bonds is 4. The summed E-state index contributed by atoms with van der Waals surface area (Å²) in [6.45, 7) is 0. The summed E-state index contributed by atoms with van der Waals surface area (Å²) >= 11 is 1.56. The summed E-state index contributed by atoms with van der Waals surface area (Å²) < 4.78 is 6.22. The molecule has 1 unspecified atom stereocenters. The summed E-state index contributed by atoms with van der Waals surface area (Å²) in [5.74, 6) is -0.00513. The Kier molecular flexibility index (Phi) is 4.33. The number of anilines is 1. The first-order valence-electron chi connectivity index (χ1n) is 8.55. The van der Waals surface area contributed by atoms with Crippen LogP contribution in [-0.2, 0) is 9.53 Å². The Morgan fingerprint density at radius 3 is 2.96 bits per heavy atom. The Morgan fingerprint density at radius 2 is 2.21 bits per heavy atom. The van der Waals surface area contributed by atoms with Gasteiger partial charge in [0.05, 0.1) is 30.0 Å². The molecule has 1 saturated carbocycles. The number of amides is 1. The van der Waals surface area contributed by atoms with Crippen LogP contribution in [0.1, 0.15) is 44.9 Å². The highest BCUT2D eigenvalue weighted by molar-refractivity contribution is 7.13. The SMILES string of the molecule is O=C(CC1CCCC2(CCC2)O1)Nc1cncc(-c2nccs2)c1. The average molecular weight is 343 g/mol. The van der Waals surface area contributed by atoms with Crippen LogP contribution in [0, 0.1) is 0 Å². The molecule has 2 aromatic rings. The van der Waals surface area contributed by atoms with Crippen molar-refractivity contribution in [1.82, 2.24) is 9.97 Å². The van der Waals surface area contributed by atoms with Gasteiger partial charge in [-0.05, 0) is 44.6 Å². The zero-order valence-corrected chi connectivity index (χ0v) is 14.3. The predicted molar refractivity (Wildman–Crippen MR) is 93.9 cm³/mol. The first kappa shape index (κ1) is 15.7. The van der Waals surface area contributed by atoms with E-state index >= 15 is 0 Å². The van der Waals surface area contributed by atoms with E-state index in [1.807, 2.05) is 11.4 Å². The normalized spacial score (nSPS) is 22.1. The van der Waals surface area contributed by atoms with Gasteiger partial charge in [-0.2, -0.15) is 0 Å². The third-order valence-corrected chi connectivity index (χ3v) is 5.78. The van der Waals surface area contributed by atoms with Crippen molar-refractivity contribution in [2.75, 3.05) is 5.32 Å². The third kappa shape index (κ3) is 3.35. The minimum absolute atomic E-state index is 0.00513. The molecule has 3 heterocycles. The average Bonchev–Trinajstić information content (AvgIpc) is 3.08. The maximum Gasteiger partial charge on any atom is 0.227 e. The van der Waals surface area contributed by atoms with E-state index < -0.39 is 0 Å². The molecule has 0 radical (unpaired) electrons. The molecular formula is C18H21N3O2S. The minimum atomic E-state index is -0.00513. The summed E-state index contributed by atoms with van der Waals surface area (Å²) in [5.41, 5.74) is 1.72. The molecule has 0 aromatic carbocycles. The van der Waals surface area contributed by atoms with Gasteiger partial charge in [-0.25, -0.2) is 4.98 Å². The van der Waals surface area contributed by atoms with Crippen molar-refractivity contribution < 1.29 is 9.53 Å². The molecule has 1 atom stereocenters. The van der Waals surface area contributed by atoms with Gasteiger partial charge in [0.2, 0.25) is 5.91 Å². The lowest BCUT2D eigenvalue weighted by molar-refractivity contribution is -0.171. The number of nitrogens with one attached hydrogen (secondary N) is 1. The van der Waals surface area contributed by atoms with E-state index in [9.17, 15) is 4.79 Å². The lowest BCUT2D eigenvalue weighted by atomic mass is 9.74. The van der Waals surface area contributed by atoms with Crippen LogP contribution in [0.5, 0.6) is 0 Å². The molecule has 5 nitrogen and oxygen atoms in total. The van der Waals surface area contributed by atoms with Crippen LogP contribution >= 0.6 is 11.3 Å². The van der Waals surface area contributed by atoms with Gasteiger partial charge >= 0.3 is 0 Å². The van der Waals surface area contributed by atoms with Crippen LogP contribution in [0.25, 0.3) is 10.6 Å². The minimum Gasteiger partial charge on any atom is -0.371 e. The highest BCUT2D eigenvalue weighted by atomic mass is 32.1. The number of ether oxygens (including phenoxy) is 1. The smallest absolute Gasteiger partial charge is 0.227 e. The molecule has 126 valence electrons. The van der Waals surface area contributed by atoms with Crippen molar-refractivity contribution in [3.63, 3.8) is 0 Å². The van der Waals surface area contributed by atoms with Crippen LogP contribution in [0.15, 0.2) is 30.0 Å². The van der Waals surface area contributed by atoms with E-state index in [-0.39, 0.29) is 17.6 Å². The van der Waals surface area contributed by atoms with Gasteiger partial charge in [0.25, 0.3) is 0 Å². The van der Waals surface area contributed by atoms with Crippen molar-refractivity contribution in [2.45, 2.75) is 56.7 Å². The number of carbonyl (C=O) groups excluding carboxylic acids is 1. The zero-order chi connectivity index (χ0) is 16.4. The second kappa shape index (κ2) is 6.61. The third-order valence-electron chi connectivity index (χ3n) is 4.95. The fourth-order valence-electron chi connectivity index (χ4n) is 3.62. The molecule has 1 aliphatic carbocycles. The van der Waals surface area contributed by atoms with Gasteiger partial charge < -0.3 is 10.1 Å². The molecule has 6 heteroatoms. The number of pyridine rings is 1. The van der Waals surface area contributed by atoms with E-state index in [1.165, 1.54) is 12.8 Å². The summed E-state index contributed by atoms with van der Waals surface area (Å²) in [7, 11) is 0. The zero-order valence-electron chi connectivity index (χ0n) is 13.5. The van der Waals surface area contributed by atoms with E-state index in [0.29, 0.717) is 12.1 Å². The molecule has 24 heavy (non-hydrogen) atoms. The Labute approximate surface area is 145 Å². The largest absolute Gasteiger partial charge is 0.371 e. The summed E-state index contributed by atoms with van der Waals surface area (Å²) in [6, 6.07) is 1.92. The van der Waals surface area contributed by atoms with Crippen LogP contribution in [0.2, 0.25) is 0 Å². The number of aromatic nitrogens is 2. The van der Waals surface area contributed by atoms with Crippen LogP contribution < -0.4 is 5.32 Å². The molecule has 1 aliphatic heterocycles. The molecule has 0 bridgehead atoms. The lowest BCUT2D eigenvalue weighted by Crippen LogP contribution is -2.46. The van der Waals surface area contributed by atoms with Crippen molar-refractivity contribution in [2.24, 2.45) is 0 Å². The van der Waals surface area contributed by atoms with Gasteiger partial charge in [0.15, 0.2) is 0 Å². The van der Waals surface area contributed by atoms with Crippen LogP contribution in [0.3, 0.4) is 0 Å². The molecule has 1 saturated heterocycles. The summed E-state index contributed by atoms with van der Waals surface area (Å²) in [5, 5.41) is 5.78. The number of thiazole rings is 1. The number of hydrogen-bond donors (Lipinski definition) is 1. The van der Waals surface area contributed by atoms with Crippen LogP contribution in [-0.4, -0.2) is 27.6 Å². The first-order valence-corrected chi connectivity index (χ1v) is 9.43. The molecule has 2 aromatic heterocycles. The second-order valence-electron chi connectivity index (χ2n) is 6.72. The molecular weight excluding hydrogens is 322 g/mol. The quantitative estimate of drug-likeness (QED) is 0.910. The van der Waals surface area contributed by atoms with Gasteiger partial charge in [0.1, 0.15) is 5.01 Å². The standard InChI is InChI=1S/C18H21N3O2S/c22-16(10-15-3-1-4-18(23-15)5-2-6-18)21-14-9-13(11-19-12-14)17-20-7-8-24-17/h7-9,11-12,15H,1-6,10H2,(H,21,22). The van der Waals surface area contributed by atoms with Gasteiger partial charge in [-0.1, -0.05) is 0 Å². The van der Waals surface area contributed by atoms with E-state index in [1.54, 1.807) is 29.9 Å². The topological polar surface area (TPSA) is 64.1 Å². The summed E-state index contributed by atoms with van der Waals surface area (Å²) in [6.07, 6.45) is 12.5. The second-order valence-corrected chi connectivity index (χ2v) is 7.62. The molecule has 2 aliphatic rings.